The molecule has 2 bridgehead atoms. The molecule has 6 aliphatic rings. The molecule has 2 amide bonds. The van der Waals surface area contributed by atoms with Crippen LogP contribution in [0.2, 0.25) is 0 Å². The smallest absolute Gasteiger partial charge is 0.314 e. The van der Waals surface area contributed by atoms with E-state index in [-0.39, 0.29) is 17.9 Å². The number of carbonyl (C=O) groups excluding carboxylic acids is 1. The molecule has 0 aromatic carbocycles. The molecule has 33 heavy (non-hydrogen) atoms. The maximum atomic E-state index is 12.2. The standard InChI is InChI=1S/C25H42N2O6/c1-16-9-10-20-17(2)21(29-14-13-26-23(28)27-15-18-7-5-4-6-8-18)30-22-25(20)19(16)11-12-24(3,31-22)32-33-25/h16-22H,4-15H2,1-3H3,(H2,26,27,28)/t16-,17-,19+,20+,21-,22-,24+,25-/m1/s1. The minimum atomic E-state index is -0.777. The molecule has 4 heterocycles. The quantitative estimate of drug-likeness (QED) is 0.453. The Morgan fingerprint density at radius 3 is 2.64 bits per heavy atom. The Balaban J connectivity index is 1.14. The summed E-state index contributed by atoms with van der Waals surface area (Å²) in [6, 6.07) is -0.118. The van der Waals surface area contributed by atoms with Crippen LogP contribution in [0.15, 0.2) is 0 Å². The fraction of sp³-hybridized carbons (Fsp3) is 0.960. The van der Waals surface area contributed by atoms with Gasteiger partial charge in [0.05, 0.1) is 6.61 Å². The van der Waals surface area contributed by atoms with Crippen molar-refractivity contribution in [2.24, 2.45) is 29.6 Å². The van der Waals surface area contributed by atoms with Gasteiger partial charge in [-0.1, -0.05) is 33.1 Å². The van der Waals surface area contributed by atoms with E-state index in [0.29, 0.717) is 30.9 Å². The monoisotopic (exact) mass is 466 g/mol. The highest BCUT2D eigenvalue weighted by Gasteiger charge is 2.69. The van der Waals surface area contributed by atoms with Crippen molar-refractivity contribution < 1.29 is 28.8 Å². The van der Waals surface area contributed by atoms with Crippen LogP contribution >= 0.6 is 0 Å². The molecular weight excluding hydrogens is 424 g/mol. The third kappa shape index (κ3) is 4.54. The van der Waals surface area contributed by atoms with E-state index in [1.807, 2.05) is 6.92 Å². The summed E-state index contributed by atoms with van der Waals surface area (Å²) in [6.07, 6.45) is 9.49. The lowest BCUT2D eigenvalue weighted by atomic mass is 9.58. The zero-order valence-corrected chi connectivity index (χ0v) is 20.5. The van der Waals surface area contributed by atoms with E-state index >= 15 is 0 Å². The summed E-state index contributed by atoms with van der Waals surface area (Å²) in [6.45, 7) is 8.03. The fourth-order valence-electron chi connectivity index (χ4n) is 7.09. The van der Waals surface area contributed by atoms with E-state index in [1.165, 1.54) is 38.5 Å². The summed E-state index contributed by atoms with van der Waals surface area (Å²) in [5, 5.41) is 5.93. The van der Waals surface area contributed by atoms with Gasteiger partial charge in [-0.25, -0.2) is 14.6 Å². The van der Waals surface area contributed by atoms with Crippen LogP contribution in [0, 0.1) is 29.6 Å². The van der Waals surface area contributed by atoms with Crippen molar-refractivity contribution in [1.82, 2.24) is 10.6 Å². The van der Waals surface area contributed by atoms with Gasteiger partial charge in [0.25, 0.3) is 0 Å². The van der Waals surface area contributed by atoms with Gasteiger partial charge in [-0.05, 0) is 56.8 Å². The van der Waals surface area contributed by atoms with Gasteiger partial charge in [-0.15, -0.1) is 0 Å². The topological polar surface area (TPSA) is 87.3 Å². The lowest BCUT2D eigenvalue weighted by molar-refractivity contribution is -0.577. The first-order valence-corrected chi connectivity index (χ1v) is 13.2. The van der Waals surface area contributed by atoms with Gasteiger partial charge in [-0.3, -0.25) is 0 Å². The number of hydrogen-bond donors (Lipinski definition) is 2. The van der Waals surface area contributed by atoms with E-state index in [2.05, 4.69) is 24.5 Å². The molecule has 6 fully saturated rings. The Labute approximate surface area is 197 Å². The average Bonchev–Trinajstić information content (AvgIpc) is 3.05. The van der Waals surface area contributed by atoms with Gasteiger partial charge in [0, 0.05) is 31.3 Å². The van der Waals surface area contributed by atoms with Crippen LogP contribution in [0.4, 0.5) is 4.79 Å². The van der Waals surface area contributed by atoms with Crippen molar-refractivity contribution >= 4 is 6.03 Å². The number of ether oxygens (including phenoxy) is 3. The maximum Gasteiger partial charge on any atom is 0.314 e. The van der Waals surface area contributed by atoms with Crippen LogP contribution in [0.5, 0.6) is 0 Å². The summed E-state index contributed by atoms with van der Waals surface area (Å²) >= 11 is 0. The second-order valence-corrected chi connectivity index (χ2v) is 11.3. The average molecular weight is 467 g/mol. The lowest BCUT2D eigenvalue weighted by Crippen LogP contribution is -2.70. The molecule has 4 aliphatic heterocycles. The molecule has 188 valence electrons. The molecule has 0 aromatic heterocycles. The maximum absolute atomic E-state index is 12.2. The van der Waals surface area contributed by atoms with Gasteiger partial charge in [0.2, 0.25) is 5.79 Å². The molecule has 6 rings (SSSR count). The van der Waals surface area contributed by atoms with Crippen molar-refractivity contribution in [2.45, 2.75) is 103 Å². The third-order valence-electron chi connectivity index (χ3n) is 9.04. The lowest BCUT2D eigenvalue weighted by Gasteiger charge is -2.60. The molecule has 2 aliphatic carbocycles. The molecule has 0 radical (unpaired) electrons. The van der Waals surface area contributed by atoms with Gasteiger partial charge >= 0.3 is 6.03 Å². The van der Waals surface area contributed by atoms with Crippen LogP contribution < -0.4 is 10.6 Å². The van der Waals surface area contributed by atoms with Crippen LogP contribution in [0.25, 0.3) is 0 Å². The Hall–Kier alpha value is -0.930. The van der Waals surface area contributed by atoms with Crippen molar-refractivity contribution in [2.75, 3.05) is 19.7 Å². The molecule has 0 aromatic rings. The van der Waals surface area contributed by atoms with Gasteiger partial charge < -0.3 is 24.8 Å². The predicted molar refractivity (Wildman–Crippen MR) is 121 cm³/mol. The van der Waals surface area contributed by atoms with E-state index in [0.717, 1.165) is 25.8 Å². The number of fused-ring (bicyclic) bond motifs is 2. The summed E-state index contributed by atoms with van der Waals surface area (Å²) in [5.41, 5.74) is -0.565. The minimum Gasteiger partial charge on any atom is -0.350 e. The van der Waals surface area contributed by atoms with Crippen LogP contribution in [-0.4, -0.2) is 49.7 Å². The third-order valence-corrected chi connectivity index (χ3v) is 9.04. The molecule has 8 heteroatoms. The van der Waals surface area contributed by atoms with Crippen LogP contribution in [0.1, 0.15) is 78.6 Å². The van der Waals surface area contributed by atoms with Crippen molar-refractivity contribution in [1.29, 1.82) is 0 Å². The number of hydrogen-bond acceptors (Lipinski definition) is 6. The van der Waals surface area contributed by atoms with E-state index < -0.39 is 24.0 Å². The normalized spacial score (nSPS) is 45.2. The summed E-state index contributed by atoms with van der Waals surface area (Å²) < 4.78 is 18.9. The number of urea groups is 1. The SMILES string of the molecule is C[C@H]1[C@H](OCCNC(=O)NCC2CCCCC2)O[C@@H]2O[C@]3(C)CC[C@H]4[C@H](C)CC[C@@H]1[C@@]24OO3. The largest absolute Gasteiger partial charge is 0.350 e. The van der Waals surface area contributed by atoms with Crippen LogP contribution in [0.3, 0.4) is 0 Å². The molecular formula is C25H42N2O6. The van der Waals surface area contributed by atoms with Gasteiger partial charge in [0.1, 0.15) is 0 Å². The zero-order chi connectivity index (χ0) is 23.1. The summed E-state index contributed by atoms with van der Waals surface area (Å²) in [5.74, 6) is 1.13. The highest BCUT2D eigenvalue weighted by molar-refractivity contribution is 5.73. The van der Waals surface area contributed by atoms with E-state index in [9.17, 15) is 4.79 Å². The highest BCUT2D eigenvalue weighted by atomic mass is 17.3. The van der Waals surface area contributed by atoms with Crippen molar-refractivity contribution in [3.05, 3.63) is 0 Å². The minimum absolute atomic E-state index is 0.118. The van der Waals surface area contributed by atoms with Crippen molar-refractivity contribution in [3.8, 4) is 0 Å². The van der Waals surface area contributed by atoms with Crippen molar-refractivity contribution in [3.63, 3.8) is 0 Å². The second-order valence-electron chi connectivity index (χ2n) is 11.3. The number of rotatable bonds is 6. The molecule has 8 atom stereocenters. The molecule has 0 unspecified atom stereocenters. The van der Waals surface area contributed by atoms with Gasteiger partial charge in [0.15, 0.2) is 18.2 Å². The van der Waals surface area contributed by atoms with Crippen LogP contribution in [-0.2, 0) is 24.0 Å². The Bertz CT molecular complexity index is 702. The Kier molecular flexibility index (Phi) is 6.93. The Morgan fingerprint density at radius 1 is 1.00 bits per heavy atom. The molecule has 8 nitrogen and oxygen atoms in total. The number of amides is 2. The Morgan fingerprint density at radius 2 is 1.82 bits per heavy atom. The first kappa shape index (κ1) is 23.8. The second kappa shape index (κ2) is 9.61. The summed E-state index contributed by atoms with van der Waals surface area (Å²) in [7, 11) is 0. The van der Waals surface area contributed by atoms with Gasteiger partial charge in [-0.2, -0.15) is 0 Å². The highest BCUT2D eigenvalue weighted by Crippen LogP contribution is 2.60. The predicted octanol–water partition coefficient (Wildman–Crippen LogP) is 4.09. The first-order valence-electron chi connectivity index (χ1n) is 13.2. The van der Waals surface area contributed by atoms with E-state index in [1.54, 1.807) is 0 Å². The first-order chi connectivity index (χ1) is 15.9. The molecule has 1 spiro atoms. The fourth-order valence-corrected chi connectivity index (χ4v) is 7.09. The van der Waals surface area contributed by atoms with E-state index in [4.69, 9.17) is 24.0 Å². The zero-order valence-electron chi connectivity index (χ0n) is 20.5. The molecule has 2 N–H and O–H groups in total. The number of nitrogens with one attached hydrogen (secondary N) is 2. The molecule has 2 saturated carbocycles. The molecule has 4 saturated heterocycles. The summed E-state index contributed by atoms with van der Waals surface area (Å²) in [4.78, 5) is 24.2. The number of carbonyl (C=O) groups is 1.